The molecule has 0 aliphatic carbocycles. The molecule has 26 heavy (non-hydrogen) atoms. The summed E-state index contributed by atoms with van der Waals surface area (Å²) in [5.41, 5.74) is 0.346. The molecule has 0 spiro atoms. The van der Waals surface area contributed by atoms with Crippen molar-refractivity contribution in [1.29, 1.82) is 0 Å². The maximum absolute atomic E-state index is 12.5. The molecule has 9 heteroatoms. The zero-order valence-corrected chi connectivity index (χ0v) is 16.2. The lowest BCUT2D eigenvalue weighted by molar-refractivity contribution is -0.115. The Hall–Kier alpha value is -2.42. The van der Waals surface area contributed by atoms with Gasteiger partial charge >= 0.3 is 5.69 Å². The number of aromatic amines is 1. The first-order valence-electron chi connectivity index (χ1n) is 8.34. The maximum atomic E-state index is 12.5. The Bertz CT molecular complexity index is 802. The summed E-state index contributed by atoms with van der Waals surface area (Å²) in [6.07, 6.45) is 1.84. The fourth-order valence-corrected chi connectivity index (χ4v) is 3.16. The number of benzene rings is 1. The van der Waals surface area contributed by atoms with Crippen LogP contribution in [0.25, 0.3) is 0 Å². The van der Waals surface area contributed by atoms with Crippen LogP contribution in [-0.4, -0.2) is 40.1 Å². The SMILES string of the molecule is CCCCn1c(S[C@H](C)C(=O)Nc2ccc(OC)c(OC)c2)n[nH]c1=O. The normalized spacial score (nSPS) is 11.8. The number of rotatable bonds is 9. The molecule has 0 aliphatic heterocycles. The lowest BCUT2D eigenvalue weighted by Gasteiger charge is -2.14. The average molecular weight is 380 g/mol. The van der Waals surface area contributed by atoms with Crippen molar-refractivity contribution in [3.8, 4) is 11.5 Å². The molecule has 0 radical (unpaired) electrons. The van der Waals surface area contributed by atoms with Gasteiger partial charge in [0.05, 0.1) is 19.5 Å². The molecule has 2 aromatic rings. The summed E-state index contributed by atoms with van der Waals surface area (Å²) in [6.45, 7) is 4.40. The number of anilines is 1. The number of carbonyl (C=O) groups excluding carboxylic acids is 1. The van der Waals surface area contributed by atoms with Crippen LogP contribution in [0.5, 0.6) is 11.5 Å². The van der Waals surface area contributed by atoms with E-state index in [9.17, 15) is 9.59 Å². The van der Waals surface area contributed by atoms with Crippen molar-refractivity contribution < 1.29 is 14.3 Å². The quantitative estimate of drug-likeness (QED) is 0.649. The van der Waals surface area contributed by atoms with Crippen LogP contribution in [0.3, 0.4) is 0 Å². The first-order valence-corrected chi connectivity index (χ1v) is 9.22. The predicted molar refractivity (Wildman–Crippen MR) is 101 cm³/mol. The number of H-pyrrole nitrogens is 1. The third kappa shape index (κ3) is 4.81. The molecule has 1 amide bonds. The average Bonchev–Trinajstić information content (AvgIpc) is 2.99. The van der Waals surface area contributed by atoms with Gasteiger partial charge in [-0.05, 0) is 25.5 Å². The second-order valence-corrected chi connectivity index (χ2v) is 6.94. The summed E-state index contributed by atoms with van der Waals surface area (Å²) >= 11 is 1.24. The second kappa shape index (κ2) is 9.33. The second-order valence-electron chi connectivity index (χ2n) is 5.64. The van der Waals surface area contributed by atoms with E-state index in [-0.39, 0.29) is 11.6 Å². The minimum atomic E-state index is -0.432. The van der Waals surface area contributed by atoms with Gasteiger partial charge < -0.3 is 14.8 Å². The van der Waals surface area contributed by atoms with Crippen molar-refractivity contribution in [2.24, 2.45) is 0 Å². The number of aromatic nitrogens is 3. The maximum Gasteiger partial charge on any atom is 0.343 e. The van der Waals surface area contributed by atoms with Gasteiger partial charge in [0.1, 0.15) is 0 Å². The number of ether oxygens (including phenoxy) is 2. The zero-order chi connectivity index (χ0) is 19.1. The van der Waals surface area contributed by atoms with Crippen LogP contribution in [0.2, 0.25) is 0 Å². The van der Waals surface area contributed by atoms with E-state index in [0.29, 0.717) is 28.9 Å². The van der Waals surface area contributed by atoms with Crippen LogP contribution in [-0.2, 0) is 11.3 Å². The molecular formula is C17H24N4O4S. The highest BCUT2D eigenvalue weighted by Crippen LogP contribution is 2.30. The van der Waals surface area contributed by atoms with Gasteiger partial charge in [0, 0.05) is 18.3 Å². The van der Waals surface area contributed by atoms with E-state index in [4.69, 9.17) is 9.47 Å². The summed E-state index contributed by atoms with van der Waals surface area (Å²) < 4.78 is 12.0. The molecule has 0 saturated heterocycles. The van der Waals surface area contributed by atoms with Crippen molar-refractivity contribution in [3.05, 3.63) is 28.7 Å². The summed E-state index contributed by atoms with van der Waals surface area (Å²) in [4.78, 5) is 24.3. The highest BCUT2D eigenvalue weighted by Gasteiger charge is 2.19. The molecule has 1 atom stereocenters. The Kier molecular flexibility index (Phi) is 7.14. The Morgan fingerprint density at radius 1 is 1.35 bits per heavy atom. The number of hydrogen-bond acceptors (Lipinski definition) is 6. The van der Waals surface area contributed by atoms with Crippen LogP contribution >= 0.6 is 11.8 Å². The summed E-state index contributed by atoms with van der Waals surface area (Å²) in [7, 11) is 3.09. The van der Waals surface area contributed by atoms with Gasteiger partial charge in [-0.2, -0.15) is 0 Å². The number of nitrogens with zero attached hydrogens (tertiary/aromatic N) is 2. The number of nitrogens with one attached hydrogen (secondary N) is 2. The van der Waals surface area contributed by atoms with Gasteiger partial charge in [-0.25, -0.2) is 9.89 Å². The van der Waals surface area contributed by atoms with Crippen molar-refractivity contribution in [3.63, 3.8) is 0 Å². The van der Waals surface area contributed by atoms with Crippen molar-refractivity contribution in [2.75, 3.05) is 19.5 Å². The highest BCUT2D eigenvalue weighted by molar-refractivity contribution is 8.00. The van der Waals surface area contributed by atoms with Crippen molar-refractivity contribution in [1.82, 2.24) is 14.8 Å². The fourth-order valence-electron chi connectivity index (χ4n) is 2.28. The molecule has 0 aliphatic rings. The number of carbonyl (C=O) groups is 1. The lowest BCUT2D eigenvalue weighted by Crippen LogP contribution is -2.24. The van der Waals surface area contributed by atoms with E-state index in [1.54, 1.807) is 36.8 Å². The number of hydrogen-bond donors (Lipinski definition) is 2. The highest BCUT2D eigenvalue weighted by atomic mass is 32.2. The largest absolute Gasteiger partial charge is 0.493 e. The molecule has 0 fully saturated rings. The van der Waals surface area contributed by atoms with Crippen LogP contribution in [0.15, 0.2) is 28.2 Å². The van der Waals surface area contributed by atoms with E-state index in [1.807, 2.05) is 0 Å². The van der Waals surface area contributed by atoms with Gasteiger partial charge in [0.2, 0.25) is 5.91 Å². The topological polar surface area (TPSA) is 98.2 Å². The molecule has 2 rings (SSSR count). The van der Waals surface area contributed by atoms with Crippen molar-refractivity contribution >= 4 is 23.4 Å². The van der Waals surface area contributed by atoms with E-state index in [0.717, 1.165) is 12.8 Å². The Balaban J connectivity index is 2.05. The Morgan fingerprint density at radius 2 is 2.08 bits per heavy atom. The minimum absolute atomic E-state index is 0.195. The van der Waals surface area contributed by atoms with E-state index in [2.05, 4.69) is 22.4 Å². The smallest absolute Gasteiger partial charge is 0.343 e. The van der Waals surface area contributed by atoms with Crippen LogP contribution in [0, 0.1) is 0 Å². The number of unbranched alkanes of at least 4 members (excludes halogenated alkanes) is 1. The van der Waals surface area contributed by atoms with Crippen LogP contribution in [0.4, 0.5) is 5.69 Å². The lowest BCUT2D eigenvalue weighted by atomic mass is 10.2. The third-order valence-electron chi connectivity index (χ3n) is 3.76. The van der Waals surface area contributed by atoms with E-state index >= 15 is 0 Å². The summed E-state index contributed by atoms with van der Waals surface area (Å²) in [5.74, 6) is 0.926. The first kappa shape index (κ1) is 19.9. The standard InChI is InChI=1S/C17H24N4O4S/c1-5-6-9-21-16(23)19-20-17(21)26-11(2)15(22)18-12-7-8-13(24-3)14(10-12)25-4/h7-8,10-11H,5-6,9H2,1-4H3,(H,18,22)(H,19,23)/t11-/m1/s1. The number of thioether (sulfide) groups is 1. The molecule has 0 unspecified atom stereocenters. The van der Waals surface area contributed by atoms with E-state index < -0.39 is 5.25 Å². The predicted octanol–water partition coefficient (Wildman–Crippen LogP) is 2.51. The van der Waals surface area contributed by atoms with Crippen LogP contribution < -0.4 is 20.5 Å². The Labute approximate surface area is 156 Å². The molecule has 142 valence electrons. The molecular weight excluding hydrogens is 356 g/mol. The third-order valence-corrected chi connectivity index (χ3v) is 4.85. The first-order chi connectivity index (χ1) is 12.5. The molecule has 2 N–H and O–H groups in total. The van der Waals surface area contributed by atoms with Gasteiger partial charge in [-0.3, -0.25) is 9.36 Å². The molecule has 1 aromatic heterocycles. The molecule has 1 heterocycles. The van der Waals surface area contributed by atoms with Crippen LogP contribution in [0.1, 0.15) is 26.7 Å². The van der Waals surface area contributed by atoms with Gasteiger partial charge in [0.15, 0.2) is 16.7 Å². The summed E-state index contributed by atoms with van der Waals surface area (Å²) in [5, 5.41) is 9.38. The minimum Gasteiger partial charge on any atom is -0.493 e. The fraction of sp³-hybridized carbons (Fsp3) is 0.471. The van der Waals surface area contributed by atoms with Gasteiger partial charge in [-0.1, -0.05) is 25.1 Å². The number of methoxy groups -OCH3 is 2. The van der Waals surface area contributed by atoms with Crippen molar-refractivity contribution in [2.45, 2.75) is 43.6 Å². The monoisotopic (exact) mass is 380 g/mol. The molecule has 0 bridgehead atoms. The van der Waals surface area contributed by atoms with Gasteiger partial charge in [-0.15, -0.1) is 5.10 Å². The molecule has 0 saturated carbocycles. The number of amides is 1. The molecule has 1 aromatic carbocycles. The zero-order valence-electron chi connectivity index (χ0n) is 15.4. The van der Waals surface area contributed by atoms with E-state index in [1.165, 1.54) is 18.9 Å². The summed E-state index contributed by atoms with van der Waals surface area (Å²) in [6, 6.07) is 5.16. The van der Waals surface area contributed by atoms with Gasteiger partial charge in [0.25, 0.3) is 0 Å². The Morgan fingerprint density at radius 3 is 2.73 bits per heavy atom. The molecule has 8 nitrogen and oxygen atoms in total.